The van der Waals surface area contributed by atoms with Gasteiger partial charge in [0.1, 0.15) is 12.4 Å². The van der Waals surface area contributed by atoms with Crippen LogP contribution in [0.4, 0.5) is 0 Å². The summed E-state index contributed by atoms with van der Waals surface area (Å²) < 4.78 is 5.83. The number of rotatable bonds is 6. The fourth-order valence-corrected chi connectivity index (χ4v) is 2.38. The normalized spacial score (nSPS) is 10.6. The van der Waals surface area contributed by atoms with Gasteiger partial charge in [0.15, 0.2) is 0 Å². The SMILES string of the molecule is Cc1cc(CCON)cc(Cl)c1OCc1ccccc1. The number of ether oxygens (including phenoxy) is 1. The Kier molecular flexibility index (Phi) is 5.41. The molecule has 4 heteroatoms. The van der Waals surface area contributed by atoms with Gasteiger partial charge in [0.2, 0.25) is 0 Å². The number of nitrogens with two attached hydrogens (primary N) is 1. The van der Waals surface area contributed by atoms with Gasteiger partial charge in [-0.25, -0.2) is 5.90 Å². The predicted octanol–water partition coefficient (Wildman–Crippen LogP) is 3.66. The van der Waals surface area contributed by atoms with Crippen LogP contribution < -0.4 is 10.6 Å². The van der Waals surface area contributed by atoms with Crippen molar-refractivity contribution in [3.63, 3.8) is 0 Å². The molecule has 20 heavy (non-hydrogen) atoms. The van der Waals surface area contributed by atoms with E-state index < -0.39 is 0 Å². The molecule has 0 spiro atoms. The molecule has 106 valence electrons. The van der Waals surface area contributed by atoms with Crippen molar-refractivity contribution < 1.29 is 9.57 Å². The van der Waals surface area contributed by atoms with E-state index in [4.69, 9.17) is 22.2 Å². The molecule has 3 nitrogen and oxygen atoms in total. The molecule has 0 heterocycles. The molecule has 0 saturated heterocycles. The molecular weight excluding hydrogens is 274 g/mol. The maximum absolute atomic E-state index is 6.28. The van der Waals surface area contributed by atoms with E-state index in [1.54, 1.807) is 0 Å². The minimum absolute atomic E-state index is 0.472. The molecule has 0 saturated carbocycles. The third-order valence-corrected chi connectivity index (χ3v) is 3.30. The maximum Gasteiger partial charge on any atom is 0.141 e. The molecule has 0 aliphatic rings. The molecule has 2 aromatic rings. The summed E-state index contributed by atoms with van der Waals surface area (Å²) in [4.78, 5) is 4.59. The van der Waals surface area contributed by atoms with Crippen LogP contribution in [0.25, 0.3) is 0 Å². The Balaban J connectivity index is 2.08. The molecule has 2 N–H and O–H groups in total. The van der Waals surface area contributed by atoms with Crippen LogP contribution in [0, 0.1) is 6.92 Å². The van der Waals surface area contributed by atoms with Crippen LogP contribution in [0.3, 0.4) is 0 Å². The van der Waals surface area contributed by atoms with Crippen LogP contribution in [0.2, 0.25) is 5.02 Å². The zero-order valence-electron chi connectivity index (χ0n) is 11.4. The second kappa shape index (κ2) is 7.29. The molecule has 0 aliphatic heterocycles. The smallest absolute Gasteiger partial charge is 0.141 e. The van der Waals surface area contributed by atoms with Crippen LogP contribution >= 0.6 is 11.6 Å². The summed E-state index contributed by atoms with van der Waals surface area (Å²) in [5, 5.41) is 0.618. The van der Waals surface area contributed by atoms with Gasteiger partial charge in [-0.05, 0) is 36.1 Å². The van der Waals surface area contributed by atoms with Crippen molar-refractivity contribution in [1.82, 2.24) is 0 Å². The summed E-state index contributed by atoms with van der Waals surface area (Å²) in [7, 11) is 0. The average Bonchev–Trinajstić information content (AvgIpc) is 2.45. The molecule has 0 fully saturated rings. The first kappa shape index (κ1) is 14.9. The number of benzene rings is 2. The van der Waals surface area contributed by atoms with Crippen molar-refractivity contribution in [3.8, 4) is 5.75 Å². The van der Waals surface area contributed by atoms with Gasteiger partial charge in [0.25, 0.3) is 0 Å². The summed E-state index contributed by atoms with van der Waals surface area (Å²) in [6.45, 7) is 2.96. The number of hydrogen-bond acceptors (Lipinski definition) is 3. The van der Waals surface area contributed by atoms with Crippen molar-refractivity contribution in [2.75, 3.05) is 6.61 Å². The highest BCUT2D eigenvalue weighted by Crippen LogP contribution is 2.30. The highest BCUT2D eigenvalue weighted by atomic mass is 35.5. The monoisotopic (exact) mass is 291 g/mol. The van der Waals surface area contributed by atoms with E-state index in [9.17, 15) is 0 Å². The van der Waals surface area contributed by atoms with Crippen LogP contribution in [0.15, 0.2) is 42.5 Å². The van der Waals surface area contributed by atoms with Crippen molar-refractivity contribution in [2.24, 2.45) is 5.90 Å². The fraction of sp³-hybridized carbons (Fsp3) is 0.250. The Morgan fingerprint density at radius 1 is 1.10 bits per heavy atom. The van der Waals surface area contributed by atoms with Gasteiger partial charge in [-0.15, -0.1) is 0 Å². The Morgan fingerprint density at radius 3 is 2.50 bits per heavy atom. The first-order valence-corrected chi connectivity index (χ1v) is 6.86. The first-order chi connectivity index (χ1) is 9.70. The van der Waals surface area contributed by atoms with Gasteiger partial charge in [-0.3, -0.25) is 0 Å². The lowest BCUT2D eigenvalue weighted by molar-refractivity contribution is 0.141. The van der Waals surface area contributed by atoms with E-state index in [1.165, 1.54) is 0 Å². The van der Waals surface area contributed by atoms with E-state index in [0.29, 0.717) is 18.2 Å². The summed E-state index contributed by atoms with van der Waals surface area (Å²) in [5.41, 5.74) is 3.22. The Morgan fingerprint density at radius 2 is 1.85 bits per heavy atom. The lowest BCUT2D eigenvalue weighted by Crippen LogP contribution is -2.04. The van der Waals surface area contributed by atoms with Crippen LogP contribution in [0.1, 0.15) is 16.7 Å². The van der Waals surface area contributed by atoms with E-state index in [0.717, 1.165) is 28.9 Å². The lowest BCUT2D eigenvalue weighted by Gasteiger charge is -2.13. The lowest BCUT2D eigenvalue weighted by atomic mass is 10.1. The van der Waals surface area contributed by atoms with E-state index in [2.05, 4.69) is 4.84 Å². The Hall–Kier alpha value is -1.55. The van der Waals surface area contributed by atoms with Crippen LogP contribution in [-0.2, 0) is 17.9 Å². The van der Waals surface area contributed by atoms with E-state index in [-0.39, 0.29) is 0 Å². The van der Waals surface area contributed by atoms with Crippen molar-refractivity contribution in [2.45, 2.75) is 20.0 Å². The summed E-state index contributed by atoms with van der Waals surface area (Å²) in [6, 6.07) is 14.0. The van der Waals surface area contributed by atoms with E-state index in [1.807, 2.05) is 49.4 Å². The minimum Gasteiger partial charge on any atom is -0.487 e. The topological polar surface area (TPSA) is 44.5 Å². The summed E-state index contributed by atoms with van der Waals surface area (Å²) in [5.74, 6) is 5.77. The number of halogens is 1. The van der Waals surface area contributed by atoms with Gasteiger partial charge >= 0.3 is 0 Å². The Labute approximate surface area is 124 Å². The van der Waals surface area contributed by atoms with Gasteiger partial charge in [0.05, 0.1) is 11.6 Å². The zero-order chi connectivity index (χ0) is 14.4. The number of aryl methyl sites for hydroxylation is 1. The van der Waals surface area contributed by atoms with Crippen LogP contribution in [0.5, 0.6) is 5.75 Å². The molecular formula is C16H18ClNO2. The van der Waals surface area contributed by atoms with Crippen LogP contribution in [-0.4, -0.2) is 6.61 Å². The molecule has 0 atom stereocenters. The molecule has 0 unspecified atom stereocenters. The summed E-state index contributed by atoms with van der Waals surface area (Å²) in [6.07, 6.45) is 0.732. The highest BCUT2D eigenvalue weighted by molar-refractivity contribution is 6.32. The quantitative estimate of drug-likeness (QED) is 0.826. The number of hydrogen-bond donors (Lipinski definition) is 1. The van der Waals surface area contributed by atoms with Gasteiger partial charge in [-0.1, -0.05) is 48.0 Å². The van der Waals surface area contributed by atoms with Crippen molar-refractivity contribution in [1.29, 1.82) is 0 Å². The third-order valence-electron chi connectivity index (χ3n) is 3.02. The predicted molar refractivity (Wildman–Crippen MR) is 80.8 cm³/mol. The van der Waals surface area contributed by atoms with Gasteiger partial charge < -0.3 is 9.57 Å². The zero-order valence-corrected chi connectivity index (χ0v) is 12.2. The summed E-state index contributed by atoms with van der Waals surface area (Å²) >= 11 is 6.28. The van der Waals surface area contributed by atoms with Gasteiger partial charge in [0, 0.05) is 0 Å². The molecule has 2 rings (SSSR count). The average molecular weight is 292 g/mol. The maximum atomic E-state index is 6.28. The molecule has 0 bridgehead atoms. The van der Waals surface area contributed by atoms with Crippen molar-refractivity contribution >= 4 is 11.6 Å². The minimum atomic E-state index is 0.472. The third kappa shape index (κ3) is 3.97. The molecule has 2 aromatic carbocycles. The van der Waals surface area contributed by atoms with Crippen molar-refractivity contribution in [3.05, 3.63) is 64.2 Å². The second-order valence-electron chi connectivity index (χ2n) is 4.62. The molecule has 0 aromatic heterocycles. The first-order valence-electron chi connectivity index (χ1n) is 6.48. The highest BCUT2D eigenvalue weighted by Gasteiger charge is 2.08. The molecule has 0 radical (unpaired) electrons. The van der Waals surface area contributed by atoms with E-state index >= 15 is 0 Å². The van der Waals surface area contributed by atoms with Gasteiger partial charge in [-0.2, -0.15) is 0 Å². The largest absolute Gasteiger partial charge is 0.487 e. The standard InChI is InChI=1S/C16H18ClNO2/c1-12-9-14(7-8-20-18)10-15(17)16(12)19-11-13-5-3-2-4-6-13/h2-6,9-10H,7-8,11,18H2,1H3. The fourth-order valence-electron chi connectivity index (χ4n) is 2.04. The second-order valence-corrected chi connectivity index (χ2v) is 5.03. The molecule has 0 amide bonds. The molecule has 0 aliphatic carbocycles. The Bertz CT molecular complexity index is 535.